The van der Waals surface area contributed by atoms with Crippen molar-refractivity contribution in [3.05, 3.63) is 53.8 Å². The number of hydrogen-bond acceptors (Lipinski definition) is 4. The topological polar surface area (TPSA) is 56.8 Å². The van der Waals surface area contributed by atoms with E-state index in [2.05, 4.69) is 5.32 Å². The Labute approximate surface area is 145 Å². The maximum absolute atomic E-state index is 14.3. The lowest BCUT2D eigenvalue weighted by Crippen LogP contribution is -2.40. The summed E-state index contributed by atoms with van der Waals surface area (Å²) in [6, 6.07) is 11.8. The molecule has 5 nitrogen and oxygen atoms in total. The average molecular weight is 345 g/mol. The first-order valence-corrected chi connectivity index (χ1v) is 8.03. The molecular weight excluding hydrogens is 325 g/mol. The van der Waals surface area contributed by atoms with Gasteiger partial charge in [0.2, 0.25) is 0 Å². The number of carbonyl (C=O) groups excluding carboxylic acids is 1. The van der Waals surface area contributed by atoms with Crippen LogP contribution in [-0.4, -0.2) is 26.7 Å². The van der Waals surface area contributed by atoms with Crippen LogP contribution in [0.4, 0.5) is 10.1 Å². The molecule has 132 valence electrons. The number of halogens is 1. The predicted octanol–water partition coefficient (Wildman–Crippen LogP) is 3.49. The van der Waals surface area contributed by atoms with Crippen LogP contribution in [0.3, 0.4) is 0 Å². The number of amides is 1. The SMILES string of the molecule is COc1cc(F)c(NC(=O)C2(c3ccccc3)CCCO2)cc1OC. The molecule has 1 saturated heterocycles. The lowest BCUT2D eigenvalue weighted by molar-refractivity contribution is -0.136. The van der Waals surface area contributed by atoms with E-state index < -0.39 is 17.3 Å². The van der Waals surface area contributed by atoms with Gasteiger partial charge in [0.1, 0.15) is 0 Å². The standard InChI is InChI=1S/C19H20FNO4/c1-23-16-11-14(20)15(12-17(16)24-2)21-18(22)19(9-6-10-25-19)13-7-4-3-5-8-13/h3-5,7-8,11-12H,6,9-10H2,1-2H3,(H,21,22). The molecule has 25 heavy (non-hydrogen) atoms. The number of methoxy groups -OCH3 is 2. The maximum Gasteiger partial charge on any atom is 0.261 e. The normalized spacial score (nSPS) is 19.5. The third-order valence-corrected chi connectivity index (χ3v) is 4.35. The molecule has 0 spiro atoms. The molecule has 1 aliphatic heterocycles. The fourth-order valence-corrected chi connectivity index (χ4v) is 3.06. The van der Waals surface area contributed by atoms with Gasteiger partial charge in [-0.15, -0.1) is 0 Å². The minimum Gasteiger partial charge on any atom is -0.493 e. The summed E-state index contributed by atoms with van der Waals surface area (Å²) >= 11 is 0. The zero-order valence-electron chi connectivity index (χ0n) is 14.2. The summed E-state index contributed by atoms with van der Waals surface area (Å²) in [5, 5.41) is 2.64. The van der Waals surface area contributed by atoms with Crippen molar-refractivity contribution in [3.63, 3.8) is 0 Å². The van der Waals surface area contributed by atoms with E-state index >= 15 is 0 Å². The second-order valence-electron chi connectivity index (χ2n) is 5.79. The summed E-state index contributed by atoms with van der Waals surface area (Å²) < 4.78 is 30.4. The molecule has 0 aliphatic carbocycles. The van der Waals surface area contributed by atoms with Crippen molar-refractivity contribution >= 4 is 11.6 Å². The minimum atomic E-state index is -1.11. The quantitative estimate of drug-likeness (QED) is 0.901. The molecular formula is C19H20FNO4. The molecule has 1 aliphatic rings. The van der Waals surface area contributed by atoms with E-state index in [0.717, 1.165) is 12.0 Å². The van der Waals surface area contributed by atoms with Crippen molar-refractivity contribution in [3.8, 4) is 11.5 Å². The fourth-order valence-electron chi connectivity index (χ4n) is 3.06. The number of rotatable bonds is 5. The van der Waals surface area contributed by atoms with Gasteiger partial charge in [0.15, 0.2) is 22.9 Å². The molecule has 1 unspecified atom stereocenters. The Morgan fingerprint density at radius 1 is 1.16 bits per heavy atom. The van der Waals surface area contributed by atoms with Crippen LogP contribution >= 0.6 is 0 Å². The van der Waals surface area contributed by atoms with Crippen LogP contribution in [0.15, 0.2) is 42.5 Å². The monoisotopic (exact) mass is 345 g/mol. The van der Waals surface area contributed by atoms with E-state index in [0.29, 0.717) is 18.8 Å². The zero-order chi connectivity index (χ0) is 17.9. The van der Waals surface area contributed by atoms with E-state index in [1.807, 2.05) is 30.3 Å². The molecule has 0 bridgehead atoms. The highest BCUT2D eigenvalue weighted by molar-refractivity contribution is 5.98. The maximum atomic E-state index is 14.3. The molecule has 0 saturated carbocycles. The average Bonchev–Trinajstić information content (AvgIpc) is 3.15. The van der Waals surface area contributed by atoms with Gasteiger partial charge in [-0.2, -0.15) is 0 Å². The molecule has 1 N–H and O–H groups in total. The first-order valence-electron chi connectivity index (χ1n) is 8.03. The van der Waals surface area contributed by atoms with Gasteiger partial charge in [-0.25, -0.2) is 4.39 Å². The van der Waals surface area contributed by atoms with Crippen LogP contribution in [0.25, 0.3) is 0 Å². The summed E-state index contributed by atoms with van der Waals surface area (Å²) in [6.45, 7) is 0.483. The van der Waals surface area contributed by atoms with Crippen molar-refractivity contribution in [2.75, 3.05) is 26.1 Å². The van der Waals surface area contributed by atoms with Gasteiger partial charge in [-0.3, -0.25) is 4.79 Å². The minimum absolute atomic E-state index is 0.0217. The summed E-state index contributed by atoms with van der Waals surface area (Å²) in [7, 11) is 2.87. The van der Waals surface area contributed by atoms with Gasteiger partial charge in [-0.05, 0) is 18.4 Å². The van der Waals surface area contributed by atoms with Crippen molar-refractivity contribution in [1.29, 1.82) is 0 Å². The second-order valence-corrected chi connectivity index (χ2v) is 5.79. The van der Waals surface area contributed by atoms with Crippen LogP contribution < -0.4 is 14.8 Å². The molecule has 2 aromatic carbocycles. The summed E-state index contributed by atoms with van der Waals surface area (Å²) in [5.41, 5.74) is -0.333. The lowest BCUT2D eigenvalue weighted by Gasteiger charge is -2.27. The van der Waals surface area contributed by atoms with Crippen LogP contribution in [0.1, 0.15) is 18.4 Å². The van der Waals surface area contributed by atoms with Gasteiger partial charge >= 0.3 is 0 Å². The molecule has 1 heterocycles. The van der Waals surface area contributed by atoms with E-state index in [9.17, 15) is 9.18 Å². The number of nitrogens with one attached hydrogen (secondary N) is 1. The molecule has 3 rings (SSSR count). The van der Waals surface area contributed by atoms with Crippen molar-refractivity contribution in [1.82, 2.24) is 0 Å². The van der Waals surface area contributed by atoms with Gasteiger partial charge in [0, 0.05) is 18.7 Å². The highest BCUT2D eigenvalue weighted by atomic mass is 19.1. The Balaban J connectivity index is 1.93. The predicted molar refractivity (Wildman–Crippen MR) is 91.4 cm³/mol. The number of anilines is 1. The van der Waals surface area contributed by atoms with Crippen LogP contribution in [0.2, 0.25) is 0 Å². The Morgan fingerprint density at radius 2 is 1.84 bits per heavy atom. The number of ether oxygens (including phenoxy) is 3. The Bertz CT molecular complexity index is 758. The van der Waals surface area contributed by atoms with Crippen molar-refractivity contribution in [2.24, 2.45) is 0 Å². The van der Waals surface area contributed by atoms with E-state index in [1.165, 1.54) is 26.4 Å². The Hall–Kier alpha value is -2.60. The second kappa shape index (κ2) is 7.11. The largest absolute Gasteiger partial charge is 0.493 e. The number of benzene rings is 2. The van der Waals surface area contributed by atoms with E-state index in [4.69, 9.17) is 14.2 Å². The molecule has 2 aromatic rings. The van der Waals surface area contributed by atoms with Gasteiger partial charge < -0.3 is 19.5 Å². The zero-order valence-corrected chi connectivity index (χ0v) is 14.2. The smallest absolute Gasteiger partial charge is 0.261 e. The summed E-state index contributed by atoms with van der Waals surface area (Å²) in [6.07, 6.45) is 1.30. The van der Waals surface area contributed by atoms with E-state index in [-0.39, 0.29) is 11.4 Å². The molecule has 0 aromatic heterocycles. The van der Waals surface area contributed by atoms with Gasteiger partial charge in [0.25, 0.3) is 5.91 Å². The fraction of sp³-hybridized carbons (Fsp3) is 0.316. The van der Waals surface area contributed by atoms with Crippen LogP contribution in [0.5, 0.6) is 11.5 Å². The van der Waals surface area contributed by atoms with Crippen LogP contribution in [0, 0.1) is 5.82 Å². The molecule has 6 heteroatoms. The molecule has 1 atom stereocenters. The first-order chi connectivity index (χ1) is 12.1. The van der Waals surface area contributed by atoms with Gasteiger partial charge in [0.05, 0.1) is 19.9 Å². The third kappa shape index (κ3) is 3.17. The van der Waals surface area contributed by atoms with Gasteiger partial charge in [-0.1, -0.05) is 30.3 Å². The molecule has 1 amide bonds. The van der Waals surface area contributed by atoms with Crippen molar-refractivity contribution in [2.45, 2.75) is 18.4 Å². The van der Waals surface area contributed by atoms with Crippen molar-refractivity contribution < 1.29 is 23.4 Å². The third-order valence-electron chi connectivity index (χ3n) is 4.35. The van der Waals surface area contributed by atoms with E-state index in [1.54, 1.807) is 0 Å². The summed E-state index contributed by atoms with van der Waals surface area (Å²) in [4.78, 5) is 13.0. The highest BCUT2D eigenvalue weighted by Gasteiger charge is 2.44. The number of carbonyl (C=O) groups is 1. The lowest BCUT2D eigenvalue weighted by atomic mass is 9.89. The Kier molecular flexibility index (Phi) is 4.90. The highest BCUT2D eigenvalue weighted by Crippen LogP contribution is 2.38. The first kappa shape index (κ1) is 17.2. The summed E-state index contributed by atoms with van der Waals surface area (Å²) in [5.74, 6) is -0.414. The van der Waals surface area contributed by atoms with Crippen LogP contribution in [-0.2, 0) is 15.1 Å². The molecule has 0 radical (unpaired) electrons. The Morgan fingerprint density at radius 3 is 2.44 bits per heavy atom. The number of hydrogen-bond donors (Lipinski definition) is 1. The molecule has 1 fully saturated rings.